The van der Waals surface area contributed by atoms with Crippen LogP contribution in [0.3, 0.4) is 0 Å². The zero-order chi connectivity index (χ0) is 24.6. The highest BCUT2D eigenvalue weighted by atomic mass is 16.3. The summed E-state index contributed by atoms with van der Waals surface area (Å²) in [6, 6.07) is 4.29. The number of nitrogens with one attached hydrogen (secondary N) is 5. The van der Waals surface area contributed by atoms with Crippen molar-refractivity contribution in [1.82, 2.24) is 26.6 Å². The molecule has 0 radical (unpaired) electrons. The predicted molar refractivity (Wildman–Crippen MR) is 120 cm³/mol. The summed E-state index contributed by atoms with van der Waals surface area (Å²) in [6.07, 6.45) is 1.40. The minimum Gasteiger partial charge on any atom is -0.508 e. The maximum atomic E-state index is 12.7. The number of phenols is 1. The monoisotopic (exact) mass is 464 g/mol. The van der Waals surface area contributed by atoms with Crippen LogP contribution in [0, 0.1) is 0 Å². The molecule has 1 unspecified atom stereocenters. The molecule has 0 spiro atoms. The van der Waals surface area contributed by atoms with E-state index in [1.165, 1.54) is 12.1 Å². The zero-order valence-corrected chi connectivity index (χ0v) is 18.6. The summed E-state index contributed by atoms with van der Waals surface area (Å²) in [5.74, 6) is -2.07. The summed E-state index contributed by atoms with van der Waals surface area (Å²) in [5, 5.41) is 22.0. The Kier molecular flexibility index (Phi) is 12.8. The van der Waals surface area contributed by atoms with Gasteiger partial charge in [-0.25, -0.2) is 0 Å². The Morgan fingerprint density at radius 2 is 1.58 bits per heavy atom. The first-order chi connectivity index (χ1) is 15.8. The van der Waals surface area contributed by atoms with Crippen LogP contribution < -0.4 is 32.3 Å². The van der Waals surface area contributed by atoms with Gasteiger partial charge in [0.25, 0.3) is 0 Å². The average molecular weight is 465 g/mol. The van der Waals surface area contributed by atoms with Crippen molar-refractivity contribution in [2.24, 2.45) is 5.73 Å². The van der Waals surface area contributed by atoms with Crippen LogP contribution in [-0.4, -0.2) is 80.3 Å². The highest BCUT2D eigenvalue weighted by molar-refractivity contribution is 5.93. The number of phenolic OH excluding ortho intramolecular Hbond substituents is 1. The van der Waals surface area contributed by atoms with Crippen molar-refractivity contribution in [2.75, 3.05) is 33.2 Å². The number of hydrogen-bond donors (Lipinski definition) is 7. The number of carbonyl (C=O) groups is 5. The summed E-state index contributed by atoms with van der Waals surface area (Å²) < 4.78 is 0. The Bertz CT molecular complexity index is 801. The van der Waals surface area contributed by atoms with E-state index in [-0.39, 0.29) is 31.7 Å². The van der Waals surface area contributed by atoms with Crippen molar-refractivity contribution in [3.63, 3.8) is 0 Å². The van der Waals surface area contributed by atoms with Gasteiger partial charge in [-0.05, 0) is 44.1 Å². The SMILES string of the molecule is CNCC(=O)NC(Cc1ccc(O)cc1)C(=O)NCC(=O)N[C@@H](CCCN)C(=O)NCC=O. The van der Waals surface area contributed by atoms with E-state index in [2.05, 4.69) is 26.6 Å². The number of rotatable bonds is 15. The van der Waals surface area contributed by atoms with Crippen molar-refractivity contribution < 1.29 is 29.1 Å². The molecule has 1 aromatic rings. The van der Waals surface area contributed by atoms with Gasteiger partial charge in [0.1, 0.15) is 24.1 Å². The summed E-state index contributed by atoms with van der Waals surface area (Å²) in [7, 11) is 1.59. The largest absolute Gasteiger partial charge is 0.508 e. The average Bonchev–Trinajstić information content (AvgIpc) is 2.79. The molecular weight excluding hydrogens is 432 g/mol. The van der Waals surface area contributed by atoms with Crippen LogP contribution in [-0.2, 0) is 30.4 Å². The normalized spacial score (nSPS) is 12.2. The smallest absolute Gasteiger partial charge is 0.243 e. The summed E-state index contributed by atoms with van der Waals surface area (Å²) >= 11 is 0. The second kappa shape index (κ2) is 15.3. The van der Waals surface area contributed by atoms with Crippen LogP contribution in [0.4, 0.5) is 0 Å². The molecule has 0 heterocycles. The first kappa shape index (κ1) is 27.5. The topological polar surface area (TPSA) is 192 Å². The number of aldehydes is 1. The Balaban J connectivity index is 2.74. The molecule has 0 aliphatic heterocycles. The lowest BCUT2D eigenvalue weighted by Gasteiger charge is -2.20. The highest BCUT2D eigenvalue weighted by Crippen LogP contribution is 2.11. The molecule has 0 aliphatic carbocycles. The fourth-order valence-corrected chi connectivity index (χ4v) is 2.88. The standard InChI is InChI=1S/C21H32N6O6/c1-23-12-18(30)27-17(11-14-4-6-15(29)7-5-14)21(33)25-13-19(31)26-16(3-2-8-22)20(32)24-9-10-28/h4-7,10,16-17,23,29H,2-3,8-9,11-13,22H2,1H3,(H,24,32)(H,25,33)(H,26,31)(H,27,30)/t16-,17?/m0/s1. The van der Waals surface area contributed by atoms with Gasteiger partial charge in [0.2, 0.25) is 23.6 Å². The van der Waals surface area contributed by atoms with Gasteiger partial charge in [-0.15, -0.1) is 0 Å². The number of hydrogen-bond acceptors (Lipinski definition) is 8. The Labute approximate surface area is 192 Å². The third kappa shape index (κ3) is 11.1. The molecule has 1 aromatic carbocycles. The molecule has 0 aromatic heterocycles. The molecule has 0 aliphatic rings. The third-order valence-electron chi connectivity index (χ3n) is 4.50. The molecule has 0 fully saturated rings. The molecule has 33 heavy (non-hydrogen) atoms. The fraction of sp³-hybridized carbons (Fsp3) is 0.476. The van der Waals surface area contributed by atoms with Crippen LogP contribution in [0.1, 0.15) is 18.4 Å². The molecule has 4 amide bonds. The van der Waals surface area contributed by atoms with Gasteiger partial charge in [0.05, 0.1) is 19.6 Å². The minimum atomic E-state index is -0.966. The van der Waals surface area contributed by atoms with E-state index in [0.29, 0.717) is 24.8 Å². The first-order valence-corrected chi connectivity index (χ1v) is 10.5. The van der Waals surface area contributed by atoms with Crippen LogP contribution in [0.15, 0.2) is 24.3 Å². The predicted octanol–water partition coefficient (Wildman–Crippen LogP) is -2.71. The van der Waals surface area contributed by atoms with Crippen LogP contribution in [0.2, 0.25) is 0 Å². The van der Waals surface area contributed by atoms with Gasteiger partial charge in [-0.3, -0.25) is 19.2 Å². The molecule has 182 valence electrons. The third-order valence-corrected chi connectivity index (χ3v) is 4.50. The number of carbonyl (C=O) groups excluding carboxylic acids is 5. The second-order valence-corrected chi connectivity index (χ2v) is 7.20. The molecule has 1 rings (SSSR count). The number of likely N-dealkylation sites (N-methyl/N-ethyl adjacent to an activating group) is 1. The second-order valence-electron chi connectivity index (χ2n) is 7.20. The van der Waals surface area contributed by atoms with Crippen molar-refractivity contribution in [3.05, 3.63) is 29.8 Å². The lowest BCUT2D eigenvalue weighted by molar-refractivity contribution is -0.131. The van der Waals surface area contributed by atoms with E-state index in [1.807, 2.05) is 0 Å². The molecule has 0 saturated heterocycles. The van der Waals surface area contributed by atoms with Gasteiger partial charge >= 0.3 is 0 Å². The Morgan fingerprint density at radius 1 is 0.970 bits per heavy atom. The van der Waals surface area contributed by atoms with Crippen molar-refractivity contribution in [2.45, 2.75) is 31.3 Å². The first-order valence-electron chi connectivity index (χ1n) is 10.5. The fourth-order valence-electron chi connectivity index (χ4n) is 2.88. The number of aromatic hydroxyl groups is 1. The van der Waals surface area contributed by atoms with Crippen LogP contribution in [0.5, 0.6) is 5.75 Å². The summed E-state index contributed by atoms with van der Waals surface area (Å²) in [5.41, 5.74) is 6.15. The number of amides is 4. The highest BCUT2D eigenvalue weighted by Gasteiger charge is 2.23. The van der Waals surface area contributed by atoms with E-state index in [0.717, 1.165) is 0 Å². The molecule has 12 nitrogen and oxygen atoms in total. The Morgan fingerprint density at radius 3 is 2.18 bits per heavy atom. The van der Waals surface area contributed by atoms with E-state index in [1.54, 1.807) is 19.2 Å². The summed E-state index contributed by atoms with van der Waals surface area (Å²) in [6.45, 7) is -0.295. The molecule has 12 heteroatoms. The van der Waals surface area contributed by atoms with Crippen molar-refractivity contribution in [1.29, 1.82) is 0 Å². The maximum absolute atomic E-state index is 12.7. The van der Waals surface area contributed by atoms with Crippen molar-refractivity contribution in [3.8, 4) is 5.75 Å². The molecule has 0 bridgehead atoms. The van der Waals surface area contributed by atoms with Gasteiger partial charge in [0.15, 0.2) is 0 Å². The van der Waals surface area contributed by atoms with E-state index in [4.69, 9.17) is 5.73 Å². The van der Waals surface area contributed by atoms with Crippen molar-refractivity contribution >= 4 is 29.9 Å². The minimum absolute atomic E-state index is 0.00142. The van der Waals surface area contributed by atoms with E-state index < -0.39 is 42.3 Å². The zero-order valence-electron chi connectivity index (χ0n) is 18.6. The van der Waals surface area contributed by atoms with Gasteiger partial charge < -0.3 is 42.2 Å². The van der Waals surface area contributed by atoms with Gasteiger partial charge in [-0.2, -0.15) is 0 Å². The lowest BCUT2D eigenvalue weighted by atomic mass is 10.0. The van der Waals surface area contributed by atoms with E-state index >= 15 is 0 Å². The van der Waals surface area contributed by atoms with Crippen LogP contribution in [0.25, 0.3) is 0 Å². The number of nitrogens with two attached hydrogens (primary N) is 1. The molecule has 2 atom stereocenters. The Hall–Kier alpha value is -3.51. The maximum Gasteiger partial charge on any atom is 0.243 e. The molecule has 8 N–H and O–H groups in total. The number of benzene rings is 1. The van der Waals surface area contributed by atoms with Gasteiger partial charge in [-0.1, -0.05) is 12.1 Å². The van der Waals surface area contributed by atoms with Crippen LogP contribution >= 0.6 is 0 Å². The van der Waals surface area contributed by atoms with E-state index in [9.17, 15) is 29.1 Å². The van der Waals surface area contributed by atoms with Gasteiger partial charge in [0, 0.05) is 6.42 Å². The molecule has 0 saturated carbocycles. The summed E-state index contributed by atoms with van der Waals surface area (Å²) in [4.78, 5) is 59.6. The quantitative estimate of drug-likeness (QED) is 0.136. The lowest BCUT2D eigenvalue weighted by Crippen LogP contribution is -2.53. The molecular formula is C21H32N6O6.